The Morgan fingerprint density at radius 3 is 2.57 bits per heavy atom. The normalized spacial score (nSPS) is 10.7. The highest BCUT2D eigenvalue weighted by atomic mass is 35.5. The average Bonchev–Trinajstić information content (AvgIpc) is 2.66. The number of aromatic nitrogens is 3. The molecule has 7 nitrogen and oxygen atoms in total. The molecule has 3 aromatic rings. The Hall–Kier alpha value is -3.19. The van der Waals surface area contributed by atoms with Crippen LogP contribution in [0, 0.1) is 6.92 Å². The first kappa shape index (κ1) is 19.6. The Bertz CT molecular complexity index is 1150. The second-order valence-corrected chi connectivity index (χ2v) is 6.63. The zero-order chi connectivity index (χ0) is 20.3. The van der Waals surface area contributed by atoms with Gasteiger partial charge < -0.3 is 5.32 Å². The van der Waals surface area contributed by atoms with Gasteiger partial charge in [-0.3, -0.25) is 14.2 Å². The van der Waals surface area contributed by atoms with Crippen LogP contribution in [0.2, 0.25) is 5.02 Å². The third-order valence-electron chi connectivity index (χ3n) is 4.14. The van der Waals surface area contributed by atoms with Crippen LogP contribution in [-0.2, 0) is 6.54 Å². The van der Waals surface area contributed by atoms with Crippen LogP contribution in [0.25, 0.3) is 5.69 Å². The lowest BCUT2D eigenvalue weighted by molar-refractivity contribution is 0.0946. The number of carbonyl (C=O) groups excluding carboxylic acids is 1. The van der Waals surface area contributed by atoms with Crippen LogP contribution in [0.3, 0.4) is 0 Å². The van der Waals surface area contributed by atoms with Gasteiger partial charge in [0, 0.05) is 11.6 Å². The molecule has 0 spiro atoms. The van der Waals surface area contributed by atoms with E-state index >= 15 is 0 Å². The van der Waals surface area contributed by atoms with E-state index in [1.165, 1.54) is 0 Å². The summed E-state index contributed by atoms with van der Waals surface area (Å²) in [4.78, 5) is 38.3. The molecule has 0 unspecified atom stereocenters. The number of hydrogen-bond donors (Lipinski definition) is 1. The summed E-state index contributed by atoms with van der Waals surface area (Å²) in [6.07, 6.45) is 0. The molecule has 8 heteroatoms. The standard InChI is InChI=1S/C20H19ClN4O3/c1-3-22-18(26)17-19(27)24(12-14-8-4-5-10-16(14)21)20(28)25(23-17)15-9-6-7-13(2)11-15/h4-11H,3,12H2,1-2H3,(H,22,26). The molecule has 0 aliphatic rings. The number of carbonyl (C=O) groups is 1. The lowest BCUT2D eigenvalue weighted by atomic mass is 10.2. The number of nitrogens with one attached hydrogen (secondary N) is 1. The van der Waals surface area contributed by atoms with Crippen LogP contribution in [0.5, 0.6) is 0 Å². The predicted octanol–water partition coefficient (Wildman–Crippen LogP) is 2.15. The Labute approximate surface area is 166 Å². The number of nitrogens with zero attached hydrogens (tertiary/aromatic N) is 3. The fourth-order valence-electron chi connectivity index (χ4n) is 2.77. The zero-order valence-electron chi connectivity index (χ0n) is 15.5. The summed E-state index contributed by atoms with van der Waals surface area (Å²) in [6.45, 7) is 3.86. The van der Waals surface area contributed by atoms with Gasteiger partial charge in [0.05, 0.1) is 12.2 Å². The van der Waals surface area contributed by atoms with Crippen molar-refractivity contribution in [1.82, 2.24) is 19.7 Å². The van der Waals surface area contributed by atoms with Crippen molar-refractivity contribution >= 4 is 17.5 Å². The van der Waals surface area contributed by atoms with Gasteiger partial charge in [-0.15, -0.1) is 0 Å². The number of aryl methyl sites for hydroxylation is 1. The Kier molecular flexibility index (Phi) is 5.75. The molecule has 1 N–H and O–H groups in total. The van der Waals surface area contributed by atoms with Crippen molar-refractivity contribution in [2.75, 3.05) is 6.54 Å². The molecule has 28 heavy (non-hydrogen) atoms. The molecule has 1 amide bonds. The van der Waals surface area contributed by atoms with Crippen molar-refractivity contribution < 1.29 is 4.79 Å². The summed E-state index contributed by atoms with van der Waals surface area (Å²) in [7, 11) is 0. The smallest absolute Gasteiger partial charge is 0.351 e. The fraction of sp³-hybridized carbons (Fsp3) is 0.200. The molecule has 0 fully saturated rings. The van der Waals surface area contributed by atoms with Crippen molar-refractivity contribution in [3.05, 3.63) is 91.2 Å². The van der Waals surface area contributed by atoms with Gasteiger partial charge in [-0.05, 0) is 43.2 Å². The minimum absolute atomic E-state index is 0.0713. The molecular weight excluding hydrogens is 380 g/mol. The SMILES string of the molecule is CCNC(=O)c1nn(-c2cccc(C)c2)c(=O)n(Cc2ccccc2Cl)c1=O. The molecular formula is C20H19ClN4O3. The molecule has 0 atom stereocenters. The first-order chi connectivity index (χ1) is 13.4. The van der Waals surface area contributed by atoms with Crippen LogP contribution < -0.4 is 16.6 Å². The van der Waals surface area contributed by atoms with E-state index in [0.717, 1.165) is 14.8 Å². The van der Waals surface area contributed by atoms with E-state index in [9.17, 15) is 14.4 Å². The van der Waals surface area contributed by atoms with E-state index in [0.29, 0.717) is 22.8 Å². The Morgan fingerprint density at radius 1 is 1.14 bits per heavy atom. The van der Waals surface area contributed by atoms with Crippen LogP contribution in [0.15, 0.2) is 58.1 Å². The number of amides is 1. The second kappa shape index (κ2) is 8.22. The Morgan fingerprint density at radius 2 is 1.89 bits per heavy atom. The fourth-order valence-corrected chi connectivity index (χ4v) is 2.96. The molecule has 0 aliphatic carbocycles. The average molecular weight is 399 g/mol. The summed E-state index contributed by atoms with van der Waals surface area (Å²) >= 11 is 6.19. The first-order valence-corrected chi connectivity index (χ1v) is 9.13. The van der Waals surface area contributed by atoms with Gasteiger partial charge in [0.2, 0.25) is 5.69 Å². The number of hydrogen-bond acceptors (Lipinski definition) is 4. The predicted molar refractivity (Wildman–Crippen MR) is 107 cm³/mol. The van der Waals surface area contributed by atoms with Crippen LogP contribution in [-0.4, -0.2) is 26.8 Å². The van der Waals surface area contributed by atoms with E-state index in [1.54, 1.807) is 49.4 Å². The molecule has 0 aliphatic heterocycles. The highest BCUT2D eigenvalue weighted by Gasteiger charge is 2.20. The minimum Gasteiger partial charge on any atom is -0.351 e. The summed E-state index contributed by atoms with van der Waals surface area (Å²) in [5.74, 6) is -0.637. The highest BCUT2D eigenvalue weighted by Crippen LogP contribution is 2.15. The third kappa shape index (κ3) is 3.89. The van der Waals surface area contributed by atoms with Gasteiger partial charge in [0.1, 0.15) is 0 Å². The molecule has 0 saturated carbocycles. The monoisotopic (exact) mass is 398 g/mol. The second-order valence-electron chi connectivity index (χ2n) is 6.22. The lowest BCUT2D eigenvalue weighted by Gasteiger charge is -2.13. The number of benzene rings is 2. The van der Waals surface area contributed by atoms with Crippen molar-refractivity contribution in [1.29, 1.82) is 0 Å². The molecule has 0 saturated heterocycles. The van der Waals surface area contributed by atoms with Crippen molar-refractivity contribution in [3.8, 4) is 5.69 Å². The summed E-state index contributed by atoms with van der Waals surface area (Å²) < 4.78 is 2.04. The molecule has 1 heterocycles. The van der Waals surface area contributed by atoms with Crippen LogP contribution in [0.1, 0.15) is 28.5 Å². The molecule has 2 aromatic carbocycles. The minimum atomic E-state index is -0.764. The van der Waals surface area contributed by atoms with Crippen molar-refractivity contribution in [2.45, 2.75) is 20.4 Å². The third-order valence-corrected chi connectivity index (χ3v) is 4.51. The topological polar surface area (TPSA) is 86.0 Å². The largest absolute Gasteiger partial charge is 0.352 e. The summed E-state index contributed by atoms with van der Waals surface area (Å²) in [6, 6.07) is 14.0. The van der Waals surface area contributed by atoms with Gasteiger partial charge in [0.25, 0.3) is 11.5 Å². The van der Waals surface area contributed by atoms with Crippen LogP contribution in [0.4, 0.5) is 0 Å². The molecule has 0 radical (unpaired) electrons. The molecule has 144 valence electrons. The van der Waals surface area contributed by atoms with Gasteiger partial charge in [0.15, 0.2) is 0 Å². The van der Waals surface area contributed by atoms with Crippen molar-refractivity contribution in [3.63, 3.8) is 0 Å². The van der Waals surface area contributed by atoms with Crippen molar-refractivity contribution in [2.24, 2.45) is 0 Å². The van der Waals surface area contributed by atoms with E-state index in [-0.39, 0.29) is 12.2 Å². The van der Waals surface area contributed by atoms with Gasteiger partial charge in [-0.25, -0.2) is 4.79 Å². The van der Waals surface area contributed by atoms with E-state index < -0.39 is 17.2 Å². The summed E-state index contributed by atoms with van der Waals surface area (Å²) in [5, 5.41) is 7.03. The maximum absolute atomic E-state index is 13.0. The van der Waals surface area contributed by atoms with Gasteiger partial charge in [-0.2, -0.15) is 9.78 Å². The molecule has 1 aromatic heterocycles. The molecule has 3 rings (SSSR count). The molecule has 0 bridgehead atoms. The maximum atomic E-state index is 13.0. The summed E-state index contributed by atoms with van der Waals surface area (Å²) in [5.41, 5.74) is 0.198. The quantitative estimate of drug-likeness (QED) is 0.713. The van der Waals surface area contributed by atoms with Crippen LogP contribution >= 0.6 is 11.6 Å². The maximum Gasteiger partial charge on any atom is 0.352 e. The van der Waals surface area contributed by atoms with Gasteiger partial charge >= 0.3 is 5.69 Å². The number of halogens is 1. The van der Waals surface area contributed by atoms with E-state index in [1.807, 2.05) is 13.0 Å². The van der Waals surface area contributed by atoms with E-state index in [4.69, 9.17) is 11.6 Å². The van der Waals surface area contributed by atoms with E-state index in [2.05, 4.69) is 10.4 Å². The zero-order valence-corrected chi connectivity index (χ0v) is 16.2. The first-order valence-electron chi connectivity index (χ1n) is 8.75. The lowest BCUT2D eigenvalue weighted by Crippen LogP contribution is -2.46. The number of rotatable bonds is 5. The van der Waals surface area contributed by atoms with Gasteiger partial charge in [-0.1, -0.05) is 41.9 Å². The highest BCUT2D eigenvalue weighted by molar-refractivity contribution is 6.31. The Balaban J connectivity index is 2.25.